The van der Waals surface area contributed by atoms with Crippen molar-refractivity contribution in [2.45, 2.75) is 18.9 Å². The van der Waals surface area contributed by atoms with Crippen LogP contribution in [-0.4, -0.2) is 31.4 Å². The number of hydrogen-bond donors (Lipinski definition) is 1. The van der Waals surface area contributed by atoms with Crippen LogP contribution in [0.2, 0.25) is 0 Å². The van der Waals surface area contributed by atoms with E-state index in [2.05, 4.69) is 54.0 Å². The maximum absolute atomic E-state index is 11.8. The van der Waals surface area contributed by atoms with Gasteiger partial charge in [0.15, 0.2) is 0 Å². The number of carbonyl (C=O) groups excluding carboxylic acids is 1. The summed E-state index contributed by atoms with van der Waals surface area (Å²) in [6.45, 7) is 0.684. The van der Waals surface area contributed by atoms with Gasteiger partial charge in [-0.15, -0.1) is 11.3 Å². The van der Waals surface area contributed by atoms with Crippen LogP contribution in [0.5, 0.6) is 0 Å². The summed E-state index contributed by atoms with van der Waals surface area (Å²) in [7, 11) is 4.14. The molecule has 1 aliphatic carbocycles. The molecule has 0 radical (unpaired) electrons. The third kappa shape index (κ3) is 2.72. The molecule has 1 amide bonds. The molecule has 106 valence electrons. The molecule has 2 aromatic rings. The predicted molar refractivity (Wildman–Crippen MR) is 84.0 cm³/mol. The first-order chi connectivity index (χ1) is 9.66. The SMILES string of the molecule is CN(C)C(CNC(=O)C1CC1)c1csc2ccccc12. The average Bonchev–Trinajstić information content (AvgIpc) is 3.20. The number of benzene rings is 1. The second-order valence-electron chi connectivity index (χ2n) is 5.69. The lowest BCUT2D eigenvalue weighted by Crippen LogP contribution is -2.35. The Morgan fingerprint density at radius 3 is 2.85 bits per heavy atom. The molecule has 1 heterocycles. The van der Waals surface area contributed by atoms with Crippen molar-refractivity contribution in [1.29, 1.82) is 0 Å². The maximum Gasteiger partial charge on any atom is 0.223 e. The lowest BCUT2D eigenvalue weighted by molar-refractivity contribution is -0.122. The van der Waals surface area contributed by atoms with E-state index in [1.54, 1.807) is 11.3 Å². The van der Waals surface area contributed by atoms with E-state index in [9.17, 15) is 4.79 Å². The first kappa shape index (κ1) is 13.6. The first-order valence-electron chi connectivity index (χ1n) is 7.07. The molecule has 1 saturated carbocycles. The number of thiophene rings is 1. The van der Waals surface area contributed by atoms with Crippen LogP contribution in [0.3, 0.4) is 0 Å². The molecule has 1 aromatic carbocycles. The van der Waals surface area contributed by atoms with Crippen molar-refractivity contribution in [3.63, 3.8) is 0 Å². The molecule has 1 aliphatic rings. The van der Waals surface area contributed by atoms with Crippen LogP contribution in [0.25, 0.3) is 10.1 Å². The fraction of sp³-hybridized carbons (Fsp3) is 0.438. The molecule has 3 nitrogen and oxygen atoms in total. The van der Waals surface area contributed by atoms with Gasteiger partial charge in [0.1, 0.15) is 0 Å². The second-order valence-corrected chi connectivity index (χ2v) is 6.60. The predicted octanol–water partition coefficient (Wildman–Crippen LogP) is 3.03. The quantitative estimate of drug-likeness (QED) is 0.917. The van der Waals surface area contributed by atoms with Gasteiger partial charge in [0.2, 0.25) is 5.91 Å². The third-order valence-corrected chi connectivity index (χ3v) is 4.89. The molecule has 1 fully saturated rings. The summed E-state index contributed by atoms with van der Waals surface area (Å²) in [6.07, 6.45) is 2.11. The Kier molecular flexibility index (Phi) is 3.76. The van der Waals surface area contributed by atoms with Gasteiger partial charge in [-0.3, -0.25) is 4.79 Å². The third-order valence-electron chi connectivity index (χ3n) is 3.91. The highest BCUT2D eigenvalue weighted by Crippen LogP contribution is 2.33. The van der Waals surface area contributed by atoms with Gasteiger partial charge in [0.05, 0.1) is 6.04 Å². The summed E-state index contributed by atoms with van der Waals surface area (Å²) < 4.78 is 1.31. The van der Waals surface area contributed by atoms with E-state index in [0.717, 1.165) is 12.8 Å². The van der Waals surface area contributed by atoms with Gasteiger partial charge in [0.25, 0.3) is 0 Å². The number of carbonyl (C=O) groups is 1. The summed E-state index contributed by atoms with van der Waals surface area (Å²) in [4.78, 5) is 14.0. The summed E-state index contributed by atoms with van der Waals surface area (Å²) in [6, 6.07) is 8.70. The molecule has 0 aliphatic heterocycles. The molecule has 3 rings (SSSR count). The Labute approximate surface area is 123 Å². The summed E-state index contributed by atoms with van der Waals surface area (Å²) >= 11 is 1.77. The highest BCUT2D eigenvalue weighted by Gasteiger charge is 2.30. The molecule has 0 spiro atoms. The molecule has 1 N–H and O–H groups in total. The molecule has 0 bridgehead atoms. The van der Waals surface area contributed by atoms with Crippen molar-refractivity contribution >= 4 is 27.3 Å². The topological polar surface area (TPSA) is 32.3 Å². The van der Waals surface area contributed by atoms with Gasteiger partial charge in [-0.25, -0.2) is 0 Å². The first-order valence-corrected chi connectivity index (χ1v) is 7.95. The Bertz CT molecular complexity index is 616. The number of nitrogens with zero attached hydrogens (tertiary/aromatic N) is 1. The lowest BCUT2D eigenvalue weighted by Gasteiger charge is -2.24. The number of amides is 1. The molecular weight excluding hydrogens is 268 g/mol. The van der Waals surface area contributed by atoms with Gasteiger partial charge in [-0.1, -0.05) is 18.2 Å². The summed E-state index contributed by atoms with van der Waals surface area (Å²) in [5.41, 5.74) is 1.31. The molecule has 1 aromatic heterocycles. The van der Waals surface area contributed by atoms with Crippen molar-refractivity contribution < 1.29 is 4.79 Å². The van der Waals surface area contributed by atoms with Crippen LogP contribution < -0.4 is 5.32 Å². The molecule has 4 heteroatoms. The van der Waals surface area contributed by atoms with Crippen molar-refractivity contribution in [3.05, 3.63) is 35.2 Å². The van der Waals surface area contributed by atoms with E-state index in [-0.39, 0.29) is 17.9 Å². The Morgan fingerprint density at radius 2 is 2.15 bits per heavy atom. The maximum atomic E-state index is 11.8. The average molecular weight is 288 g/mol. The van der Waals surface area contributed by atoms with E-state index < -0.39 is 0 Å². The van der Waals surface area contributed by atoms with Gasteiger partial charge >= 0.3 is 0 Å². The molecule has 1 unspecified atom stereocenters. The highest BCUT2D eigenvalue weighted by molar-refractivity contribution is 7.17. The molecule has 0 saturated heterocycles. The van der Waals surface area contributed by atoms with Crippen molar-refractivity contribution in [1.82, 2.24) is 10.2 Å². The minimum atomic E-state index is 0.219. The van der Waals surface area contributed by atoms with Gasteiger partial charge in [0, 0.05) is 17.2 Å². The fourth-order valence-electron chi connectivity index (χ4n) is 2.51. The van der Waals surface area contributed by atoms with E-state index in [1.165, 1.54) is 15.6 Å². The fourth-order valence-corrected chi connectivity index (χ4v) is 3.52. The Morgan fingerprint density at radius 1 is 1.40 bits per heavy atom. The largest absolute Gasteiger partial charge is 0.354 e. The Hall–Kier alpha value is -1.39. The van der Waals surface area contributed by atoms with Gasteiger partial charge < -0.3 is 10.2 Å². The van der Waals surface area contributed by atoms with Gasteiger partial charge in [-0.05, 0) is 49.3 Å². The number of nitrogens with one attached hydrogen (secondary N) is 1. The second kappa shape index (κ2) is 5.54. The van der Waals surface area contributed by atoms with E-state index in [0.29, 0.717) is 6.54 Å². The van der Waals surface area contributed by atoms with Crippen molar-refractivity contribution in [2.24, 2.45) is 5.92 Å². The lowest BCUT2D eigenvalue weighted by atomic mass is 10.0. The number of fused-ring (bicyclic) bond motifs is 1. The van der Waals surface area contributed by atoms with Crippen LogP contribution in [0.15, 0.2) is 29.6 Å². The van der Waals surface area contributed by atoms with Crippen LogP contribution in [0, 0.1) is 5.92 Å². The standard InChI is InChI=1S/C16H20N2OS/c1-18(2)14(9-17-16(19)11-7-8-11)13-10-20-15-6-4-3-5-12(13)15/h3-6,10-11,14H,7-9H2,1-2H3,(H,17,19). The zero-order valence-corrected chi connectivity index (χ0v) is 12.7. The highest BCUT2D eigenvalue weighted by atomic mass is 32.1. The van der Waals surface area contributed by atoms with E-state index >= 15 is 0 Å². The summed E-state index contributed by atoms with van der Waals surface area (Å²) in [5, 5.41) is 6.63. The van der Waals surface area contributed by atoms with Gasteiger partial charge in [-0.2, -0.15) is 0 Å². The minimum Gasteiger partial charge on any atom is -0.354 e. The van der Waals surface area contributed by atoms with Crippen LogP contribution >= 0.6 is 11.3 Å². The zero-order chi connectivity index (χ0) is 14.1. The molecule has 20 heavy (non-hydrogen) atoms. The van der Waals surface area contributed by atoms with Crippen LogP contribution in [-0.2, 0) is 4.79 Å². The van der Waals surface area contributed by atoms with E-state index in [4.69, 9.17) is 0 Å². The number of rotatable bonds is 5. The molecular formula is C16H20N2OS. The minimum absolute atomic E-state index is 0.219. The van der Waals surface area contributed by atoms with E-state index in [1.807, 2.05) is 0 Å². The van der Waals surface area contributed by atoms with Crippen LogP contribution in [0.4, 0.5) is 0 Å². The zero-order valence-electron chi connectivity index (χ0n) is 11.9. The molecule has 1 atom stereocenters. The smallest absolute Gasteiger partial charge is 0.223 e. The van der Waals surface area contributed by atoms with Crippen molar-refractivity contribution in [2.75, 3.05) is 20.6 Å². The number of likely N-dealkylation sites (N-methyl/N-ethyl adjacent to an activating group) is 1. The Balaban J connectivity index is 1.80. The van der Waals surface area contributed by atoms with Crippen LogP contribution in [0.1, 0.15) is 24.4 Å². The normalized spacial score (nSPS) is 16.6. The monoisotopic (exact) mass is 288 g/mol. The summed E-state index contributed by atoms with van der Waals surface area (Å²) in [5.74, 6) is 0.494. The van der Waals surface area contributed by atoms with Crippen molar-refractivity contribution in [3.8, 4) is 0 Å². The number of hydrogen-bond acceptors (Lipinski definition) is 3.